The Morgan fingerprint density at radius 1 is 1.08 bits per heavy atom. The Labute approximate surface area is 222 Å². The van der Waals surface area contributed by atoms with Gasteiger partial charge in [0.15, 0.2) is 0 Å². The molecule has 9 nitrogen and oxygen atoms in total. The van der Waals surface area contributed by atoms with Crippen LogP contribution in [0.2, 0.25) is 0 Å². The van der Waals surface area contributed by atoms with Crippen molar-refractivity contribution in [2.45, 2.75) is 62.9 Å². The van der Waals surface area contributed by atoms with E-state index in [1.54, 1.807) is 0 Å². The van der Waals surface area contributed by atoms with E-state index in [0.29, 0.717) is 43.0 Å². The van der Waals surface area contributed by atoms with Crippen LogP contribution in [-0.4, -0.2) is 82.4 Å². The molecule has 3 aromatic rings. The summed E-state index contributed by atoms with van der Waals surface area (Å²) in [6, 6.07) is 13.3. The summed E-state index contributed by atoms with van der Waals surface area (Å²) in [7, 11) is 0. The fourth-order valence-electron chi connectivity index (χ4n) is 6.80. The first-order valence-electron chi connectivity index (χ1n) is 14.1. The monoisotopic (exact) mass is 514 g/mol. The van der Waals surface area contributed by atoms with Gasteiger partial charge in [0.05, 0.1) is 36.8 Å². The molecule has 7 heterocycles. The lowest BCUT2D eigenvalue weighted by Crippen LogP contribution is -2.74. The molecular formula is C29H34N6O3. The number of rotatable bonds is 7. The van der Waals surface area contributed by atoms with Crippen LogP contribution in [0.5, 0.6) is 5.88 Å². The van der Waals surface area contributed by atoms with E-state index in [2.05, 4.69) is 50.0 Å². The minimum atomic E-state index is -0.124. The third-order valence-corrected chi connectivity index (χ3v) is 9.25. The fourth-order valence-corrected chi connectivity index (χ4v) is 6.80. The Morgan fingerprint density at radius 2 is 1.87 bits per heavy atom. The van der Waals surface area contributed by atoms with Crippen molar-refractivity contribution in [2.75, 3.05) is 37.7 Å². The van der Waals surface area contributed by atoms with Gasteiger partial charge in [-0.2, -0.15) is 0 Å². The van der Waals surface area contributed by atoms with Crippen molar-refractivity contribution in [3.63, 3.8) is 0 Å². The molecular weight excluding hydrogens is 480 g/mol. The van der Waals surface area contributed by atoms with E-state index in [-0.39, 0.29) is 17.9 Å². The van der Waals surface area contributed by atoms with Crippen LogP contribution < -0.4 is 15.0 Å². The molecule has 2 unspecified atom stereocenters. The van der Waals surface area contributed by atoms with Crippen LogP contribution in [-0.2, 0) is 9.53 Å². The van der Waals surface area contributed by atoms with E-state index >= 15 is 0 Å². The van der Waals surface area contributed by atoms with Gasteiger partial charge in [-0.05, 0) is 44.4 Å². The minimum absolute atomic E-state index is 0.0937. The Kier molecular flexibility index (Phi) is 5.20. The van der Waals surface area contributed by atoms with Gasteiger partial charge in [0.1, 0.15) is 11.6 Å². The minimum Gasteiger partial charge on any atom is -0.473 e. The first-order chi connectivity index (χ1) is 18.6. The number of piperidine rings is 1. The molecule has 5 aliphatic heterocycles. The molecule has 38 heavy (non-hydrogen) atoms. The molecule has 1 N–H and O–H groups in total. The van der Waals surface area contributed by atoms with Crippen molar-refractivity contribution in [3.8, 4) is 17.1 Å². The summed E-state index contributed by atoms with van der Waals surface area (Å²) in [6.45, 7) is 6.67. The zero-order valence-corrected chi connectivity index (χ0v) is 21.8. The molecule has 1 saturated carbocycles. The van der Waals surface area contributed by atoms with Gasteiger partial charge in [-0.1, -0.05) is 12.1 Å². The van der Waals surface area contributed by atoms with Crippen molar-refractivity contribution in [1.82, 2.24) is 24.8 Å². The van der Waals surface area contributed by atoms with Crippen LogP contribution in [0.4, 0.5) is 5.69 Å². The molecule has 0 radical (unpaired) electrons. The van der Waals surface area contributed by atoms with Crippen molar-refractivity contribution in [2.24, 2.45) is 5.92 Å². The maximum Gasteiger partial charge on any atom is 0.241 e. The second-order valence-corrected chi connectivity index (χ2v) is 11.8. The van der Waals surface area contributed by atoms with Crippen LogP contribution in [0, 0.1) is 5.92 Å². The van der Waals surface area contributed by atoms with E-state index in [9.17, 15) is 4.79 Å². The summed E-state index contributed by atoms with van der Waals surface area (Å²) in [5, 5.41) is 2.93. The van der Waals surface area contributed by atoms with Gasteiger partial charge in [0, 0.05) is 61.3 Å². The number of piperazine rings is 1. The fraction of sp³-hybridized carbons (Fsp3) is 0.552. The zero-order valence-electron chi connectivity index (χ0n) is 21.8. The maximum atomic E-state index is 11.8. The molecule has 1 aromatic carbocycles. The van der Waals surface area contributed by atoms with E-state index in [0.717, 1.165) is 61.4 Å². The van der Waals surface area contributed by atoms with Crippen molar-refractivity contribution >= 4 is 22.6 Å². The predicted octanol–water partition coefficient (Wildman–Crippen LogP) is 3.00. The SMILES string of the molecule is CC(Oc1nc(-c2ccc(N3CC4C[C@H](C3)N4C3COC3)cc2)cc2ncn(C3CC3)c12)[C@H]1CNC(=O)C1. The molecule has 6 aliphatic rings. The highest BCUT2D eigenvalue weighted by Gasteiger charge is 2.49. The van der Waals surface area contributed by atoms with Crippen LogP contribution in [0.1, 0.15) is 38.6 Å². The quantitative estimate of drug-likeness (QED) is 0.519. The number of pyridine rings is 1. The molecule has 2 aromatic heterocycles. The number of nitrogens with zero attached hydrogens (tertiary/aromatic N) is 5. The molecule has 198 valence electrons. The van der Waals surface area contributed by atoms with Gasteiger partial charge in [-0.25, -0.2) is 9.97 Å². The molecule has 1 aliphatic carbocycles. The summed E-state index contributed by atoms with van der Waals surface area (Å²) in [5.74, 6) is 0.855. The third kappa shape index (κ3) is 3.78. The maximum absolute atomic E-state index is 11.8. The number of nitrogens with one attached hydrogen (secondary N) is 1. The van der Waals surface area contributed by atoms with Crippen molar-refractivity contribution < 1.29 is 14.3 Å². The van der Waals surface area contributed by atoms with Crippen LogP contribution >= 0.6 is 0 Å². The number of amides is 1. The lowest BCUT2D eigenvalue weighted by Gasteiger charge is -2.61. The highest BCUT2D eigenvalue weighted by molar-refractivity contribution is 5.85. The normalized spacial score (nSPS) is 28.2. The van der Waals surface area contributed by atoms with E-state index < -0.39 is 0 Å². The number of imidazole rings is 1. The van der Waals surface area contributed by atoms with Crippen LogP contribution in [0.25, 0.3) is 22.3 Å². The van der Waals surface area contributed by atoms with Crippen molar-refractivity contribution in [3.05, 3.63) is 36.7 Å². The molecule has 0 spiro atoms. The van der Waals surface area contributed by atoms with E-state index in [4.69, 9.17) is 19.4 Å². The lowest BCUT2D eigenvalue weighted by molar-refractivity contribution is -0.141. The standard InChI is InChI=1S/C29H34N6O3/c1-17(19-8-27(36)30-11-19)38-29-28-26(31-16-34(28)21-6-7-21)10-25(32-29)18-2-4-20(5-3-18)33-12-22-9-23(13-33)35(22)24-14-37-15-24/h2-5,10,16-17,19,21-24H,6-9,11-15H2,1H3,(H,30,36)/t17?,19-,22-,23?/m1/s1. The Morgan fingerprint density at radius 3 is 2.53 bits per heavy atom. The molecule has 2 bridgehead atoms. The number of fused-ring (bicyclic) bond motifs is 3. The summed E-state index contributed by atoms with van der Waals surface area (Å²) in [6.07, 6.45) is 5.94. The average molecular weight is 515 g/mol. The van der Waals surface area contributed by atoms with Gasteiger partial charge < -0.3 is 24.3 Å². The highest BCUT2D eigenvalue weighted by atomic mass is 16.5. The first-order valence-corrected chi connectivity index (χ1v) is 14.1. The van der Waals surface area contributed by atoms with E-state index in [1.807, 2.05) is 13.3 Å². The number of carbonyl (C=O) groups excluding carboxylic acids is 1. The molecule has 5 saturated heterocycles. The van der Waals surface area contributed by atoms with E-state index in [1.165, 1.54) is 12.1 Å². The molecule has 9 rings (SSSR count). The Balaban J connectivity index is 1.06. The second-order valence-electron chi connectivity index (χ2n) is 11.8. The largest absolute Gasteiger partial charge is 0.473 e. The van der Waals surface area contributed by atoms with Crippen molar-refractivity contribution in [1.29, 1.82) is 0 Å². The number of benzene rings is 1. The summed E-state index contributed by atoms with van der Waals surface area (Å²) in [5.41, 5.74) is 5.07. The molecule has 4 atom stereocenters. The van der Waals surface area contributed by atoms with Gasteiger partial charge in [-0.3, -0.25) is 9.69 Å². The topological polar surface area (TPSA) is 84.8 Å². The van der Waals surface area contributed by atoms with Gasteiger partial charge >= 0.3 is 0 Å². The molecule has 9 heteroatoms. The smallest absolute Gasteiger partial charge is 0.241 e. The molecule has 6 fully saturated rings. The van der Waals surface area contributed by atoms with Crippen LogP contribution in [0.3, 0.4) is 0 Å². The number of aromatic nitrogens is 3. The zero-order chi connectivity index (χ0) is 25.4. The number of anilines is 1. The van der Waals surface area contributed by atoms with Crippen LogP contribution in [0.15, 0.2) is 36.7 Å². The summed E-state index contributed by atoms with van der Waals surface area (Å²) < 4.78 is 14.1. The highest BCUT2D eigenvalue weighted by Crippen LogP contribution is 2.41. The predicted molar refractivity (Wildman–Crippen MR) is 143 cm³/mol. The average Bonchev–Trinajstić information content (AvgIpc) is 3.51. The number of hydrogen-bond acceptors (Lipinski definition) is 7. The number of ether oxygens (including phenoxy) is 2. The number of hydrogen-bond donors (Lipinski definition) is 1. The Hall–Kier alpha value is -3.17. The first kappa shape index (κ1) is 22.8. The van der Waals surface area contributed by atoms with Gasteiger partial charge in [0.25, 0.3) is 0 Å². The third-order valence-electron chi connectivity index (χ3n) is 9.25. The lowest BCUT2D eigenvalue weighted by atomic mass is 9.84. The molecule has 1 amide bonds. The van der Waals surface area contributed by atoms with Gasteiger partial charge in [-0.15, -0.1) is 0 Å². The number of carbonyl (C=O) groups is 1. The van der Waals surface area contributed by atoms with Gasteiger partial charge in [0.2, 0.25) is 11.8 Å². The summed E-state index contributed by atoms with van der Waals surface area (Å²) in [4.78, 5) is 26.8. The Bertz CT molecular complexity index is 1370. The second kappa shape index (κ2) is 8.68. The summed E-state index contributed by atoms with van der Waals surface area (Å²) >= 11 is 0.